The smallest absolute Gasteiger partial charge is 0.0700 e. The van der Waals surface area contributed by atoms with Crippen LogP contribution in [-0.2, 0) is 4.74 Å². The summed E-state index contributed by atoms with van der Waals surface area (Å²) in [4.78, 5) is 2.22. The molecule has 1 aliphatic heterocycles. The third kappa shape index (κ3) is 5.24. The molecule has 0 aromatic rings. The molecule has 0 aliphatic carbocycles. The van der Waals surface area contributed by atoms with E-state index in [1.165, 1.54) is 25.8 Å². The Morgan fingerprint density at radius 1 is 1.46 bits per heavy atom. The Balaban J connectivity index is 1.83. The van der Waals surface area contributed by atoms with Crippen LogP contribution in [0.5, 0.6) is 0 Å². The Kier molecular flexibility index (Phi) is 5.35. The molecular weight excluding hydrogens is 164 g/mol. The van der Waals surface area contributed by atoms with Crippen molar-refractivity contribution in [3.8, 4) is 0 Å². The summed E-state index contributed by atoms with van der Waals surface area (Å²) in [7, 11) is 4.22. The molecule has 0 spiro atoms. The lowest BCUT2D eigenvalue weighted by Crippen LogP contribution is -2.28. The lowest BCUT2D eigenvalue weighted by molar-refractivity contribution is 0.110. The summed E-state index contributed by atoms with van der Waals surface area (Å²) in [5.41, 5.74) is 0. The van der Waals surface area contributed by atoms with Crippen molar-refractivity contribution in [3.63, 3.8) is 0 Å². The van der Waals surface area contributed by atoms with Gasteiger partial charge in [0.1, 0.15) is 0 Å². The molecule has 3 heteroatoms. The second-order valence-electron chi connectivity index (χ2n) is 4.00. The Bertz CT molecular complexity index is 122. The highest BCUT2D eigenvalue weighted by molar-refractivity contribution is 4.67. The van der Waals surface area contributed by atoms with Gasteiger partial charge in [-0.1, -0.05) is 0 Å². The van der Waals surface area contributed by atoms with Crippen LogP contribution >= 0.6 is 0 Å². The van der Waals surface area contributed by atoms with Crippen molar-refractivity contribution < 1.29 is 4.74 Å². The first-order valence-electron chi connectivity index (χ1n) is 5.26. The molecule has 0 radical (unpaired) electrons. The summed E-state index contributed by atoms with van der Waals surface area (Å²) < 4.78 is 5.51. The highest BCUT2D eigenvalue weighted by atomic mass is 16.5. The number of rotatable bonds is 6. The molecule has 13 heavy (non-hydrogen) atoms. The van der Waals surface area contributed by atoms with Crippen molar-refractivity contribution in [1.82, 2.24) is 10.2 Å². The zero-order valence-corrected chi connectivity index (χ0v) is 8.88. The molecule has 1 rings (SSSR count). The van der Waals surface area contributed by atoms with Crippen molar-refractivity contribution in [2.75, 3.05) is 40.3 Å². The summed E-state index contributed by atoms with van der Waals surface area (Å²) in [6.45, 7) is 4.27. The topological polar surface area (TPSA) is 24.5 Å². The Hall–Kier alpha value is -0.120. The van der Waals surface area contributed by atoms with E-state index in [0.29, 0.717) is 6.10 Å². The molecule has 3 nitrogen and oxygen atoms in total. The zero-order chi connectivity index (χ0) is 9.52. The Labute approximate surface area is 81.4 Å². The first kappa shape index (κ1) is 11.0. The van der Waals surface area contributed by atoms with Crippen LogP contribution in [0.3, 0.4) is 0 Å². The lowest BCUT2D eigenvalue weighted by Gasteiger charge is -2.12. The molecule has 1 heterocycles. The van der Waals surface area contributed by atoms with E-state index in [4.69, 9.17) is 4.74 Å². The molecular formula is C10H22N2O. The summed E-state index contributed by atoms with van der Waals surface area (Å²) in [5.74, 6) is 0. The number of nitrogens with one attached hydrogen (secondary N) is 1. The van der Waals surface area contributed by atoms with Crippen LogP contribution in [-0.4, -0.2) is 51.3 Å². The summed E-state index contributed by atoms with van der Waals surface area (Å²) in [6, 6.07) is 0. The average molecular weight is 186 g/mol. The maximum Gasteiger partial charge on any atom is 0.0700 e. The van der Waals surface area contributed by atoms with Gasteiger partial charge >= 0.3 is 0 Å². The minimum Gasteiger partial charge on any atom is -0.377 e. The van der Waals surface area contributed by atoms with Gasteiger partial charge in [-0.25, -0.2) is 0 Å². The SMILES string of the molecule is CN(C)CCCNCC1CCCO1. The standard InChI is InChI=1S/C10H22N2O/c1-12(2)7-4-6-11-9-10-5-3-8-13-10/h10-11H,3-9H2,1-2H3. The first-order valence-corrected chi connectivity index (χ1v) is 5.26. The van der Waals surface area contributed by atoms with Gasteiger partial charge in [0.05, 0.1) is 6.10 Å². The van der Waals surface area contributed by atoms with Crippen molar-refractivity contribution in [2.45, 2.75) is 25.4 Å². The van der Waals surface area contributed by atoms with Gasteiger partial charge in [0.2, 0.25) is 0 Å². The molecule has 1 saturated heterocycles. The van der Waals surface area contributed by atoms with E-state index in [1.807, 2.05) is 0 Å². The van der Waals surface area contributed by atoms with Gasteiger partial charge in [0.25, 0.3) is 0 Å². The van der Waals surface area contributed by atoms with Gasteiger partial charge in [0, 0.05) is 13.2 Å². The fourth-order valence-electron chi connectivity index (χ4n) is 1.59. The van der Waals surface area contributed by atoms with Crippen LogP contribution in [0.2, 0.25) is 0 Å². The maximum absolute atomic E-state index is 5.51. The van der Waals surface area contributed by atoms with E-state index < -0.39 is 0 Å². The van der Waals surface area contributed by atoms with Crippen LogP contribution in [0.15, 0.2) is 0 Å². The third-order valence-corrected chi connectivity index (χ3v) is 2.35. The van der Waals surface area contributed by atoms with Crippen LogP contribution in [0, 0.1) is 0 Å². The predicted octanol–water partition coefficient (Wildman–Crippen LogP) is 0.707. The summed E-state index contributed by atoms with van der Waals surface area (Å²) in [5, 5.41) is 3.43. The van der Waals surface area contributed by atoms with Crippen LogP contribution < -0.4 is 5.32 Å². The zero-order valence-electron chi connectivity index (χ0n) is 8.88. The molecule has 1 fully saturated rings. The Morgan fingerprint density at radius 3 is 2.92 bits per heavy atom. The van der Waals surface area contributed by atoms with Gasteiger partial charge in [-0.15, -0.1) is 0 Å². The number of hydrogen-bond donors (Lipinski definition) is 1. The maximum atomic E-state index is 5.51. The van der Waals surface area contributed by atoms with Gasteiger partial charge in [-0.2, -0.15) is 0 Å². The second-order valence-corrected chi connectivity index (χ2v) is 4.00. The minimum atomic E-state index is 0.486. The fraction of sp³-hybridized carbons (Fsp3) is 1.00. The van der Waals surface area contributed by atoms with Gasteiger partial charge in [-0.05, 0) is 46.4 Å². The highest BCUT2D eigenvalue weighted by Crippen LogP contribution is 2.10. The van der Waals surface area contributed by atoms with E-state index in [0.717, 1.165) is 19.7 Å². The molecule has 0 amide bonds. The van der Waals surface area contributed by atoms with Gasteiger partial charge in [0.15, 0.2) is 0 Å². The number of hydrogen-bond acceptors (Lipinski definition) is 3. The van der Waals surface area contributed by atoms with Crippen LogP contribution in [0.4, 0.5) is 0 Å². The minimum absolute atomic E-state index is 0.486. The predicted molar refractivity (Wildman–Crippen MR) is 55.0 cm³/mol. The highest BCUT2D eigenvalue weighted by Gasteiger charge is 2.13. The van der Waals surface area contributed by atoms with E-state index in [2.05, 4.69) is 24.3 Å². The quantitative estimate of drug-likeness (QED) is 0.618. The molecule has 0 bridgehead atoms. The molecule has 1 N–H and O–H groups in total. The molecule has 1 unspecified atom stereocenters. The number of ether oxygens (including phenoxy) is 1. The van der Waals surface area contributed by atoms with Crippen molar-refractivity contribution in [2.24, 2.45) is 0 Å². The average Bonchev–Trinajstić information content (AvgIpc) is 2.55. The summed E-state index contributed by atoms with van der Waals surface area (Å²) in [6.07, 6.45) is 4.18. The van der Waals surface area contributed by atoms with E-state index >= 15 is 0 Å². The molecule has 0 aromatic heterocycles. The fourth-order valence-corrected chi connectivity index (χ4v) is 1.59. The van der Waals surface area contributed by atoms with Crippen molar-refractivity contribution >= 4 is 0 Å². The normalized spacial score (nSPS) is 22.8. The summed E-state index contributed by atoms with van der Waals surface area (Å²) >= 11 is 0. The van der Waals surface area contributed by atoms with Crippen molar-refractivity contribution in [3.05, 3.63) is 0 Å². The molecule has 0 aromatic carbocycles. The largest absolute Gasteiger partial charge is 0.377 e. The van der Waals surface area contributed by atoms with Gasteiger partial charge in [-0.3, -0.25) is 0 Å². The van der Waals surface area contributed by atoms with Crippen LogP contribution in [0.1, 0.15) is 19.3 Å². The monoisotopic (exact) mass is 186 g/mol. The van der Waals surface area contributed by atoms with Crippen LogP contribution in [0.25, 0.3) is 0 Å². The Morgan fingerprint density at radius 2 is 2.31 bits per heavy atom. The van der Waals surface area contributed by atoms with Crippen molar-refractivity contribution in [1.29, 1.82) is 0 Å². The molecule has 0 saturated carbocycles. The van der Waals surface area contributed by atoms with E-state index in [1.54, 1.807) is 0 Å². The second kappa shape index (κ2) is 6.35. The lowest BCUT2D eigenvalue weighted by atomic mass is 10.2. The van der Waals surface area contributed by atoms with E-state index in [9.17, 15) is 0 Å². The third-order valence-electron chi connectivity index (χ3n) is 2.35. The van der Waals surface area contributed by atoms with Gasteiger partial charge < -0.3 is 15.0 Å². The molecule has 1 aliphatic rings. The molecule has 78 valence electrons. The number of nitrogens with zero attached hydrogens (tertiary/aromatic N) is 1. The first-order chi connectivity index (χ1) is 6.29. The van der Waals surface area contributed by atoms with E-state index in [-0.39, 0.29) is 0 Å². The molecule has 1 atom stereocenters.